The molecule has 154 valence electrons. The molecule has 5 heterocycles. The van der Waals surface area contributed by atoms with Gasteiger partial charge < -0.3 is 10.6 Å². The van der Waals surface area contributed by atoms with Gasteiger partial charge in [0.05, 0.1) is 12.3 Å². The molecule has 10 heteroatoms. The molecule has 3 aliphatic rings. The summed E-state index contributed by atoms with van der Waals surface area (Å²) in [6.07, 6.45) is 6.28. The van der Waals surface area contributed by atoms with Crippen LogP contribution in [0, 0.1) is 18.3 Å². The predicted octanol–water partition coefficient (Wildman–Crippen LogP) is 2.07. The molecule has 2 atom stereocenters. The van der Waals surface area contributed by atoms with E-state index >= 15 is 0 Å². The molecule has 0 saturated carbocycles. The van der Waals surface area contributed by atoms with Gasteiger partial charge in [-0.2, -0.15) is 10.4 Å². The third-order valence-electron chi connectivity index (χ3n) is 6.23. The number of aromatic nitrogens is 4. The summed E-state index contributed by atoms with van der Waals surface area (Å²) in [5.74, 6) is 4.83. The molecule has 0 radical (unpaired) electrons. The molecular formula is C20H23N9O. The van der Waals surface area contributed by atoms with E-state index in [2.05, 4.69) is 36.8 Å². The smallest absolute Gasteiger partial charge is 0.200 e. The van der Waals surface area contributed by atoms with Crippen molar-refractivity contribution in [3.05, 3.63) is 23.8 Å². The second-order valence-corrected chi connectivity index (χ2v) is 8.09. The fourth-order valence-electron chi connectivity index (χ4n) is 5.02. The molecule has 2 fully saturated rings. The standard InChI is InChI=1S/C20H23N9O/c1-12-7-16(27-26-12)23-17-10-22-19-20(24-17)29(18(11-30)25-19)15-8-13-3-4-14(9-15)28(13)6-2-5-21/h7,10,13-15H,2-4,6,8-9H2,1H3,(H,22,25)(H2,23,24,26,27). The minimum Gasteiger partial charge on any atom is -0.322 e. The quantitative estimate of drug-likeness (QED) is 0.641. The maximum atomic E-state index is 11.7. The lowest BCUT2D eigenvalue weighted by atomic mass is 9.95. The number of nitrogens with zero attached hydrogens (tertiary/aromatic N) is 6. The second-order valence-electron chi connectivity index (χ2n) is 8.09. The highest BCUT2D eigenvalue weighted by molar-refractivity contribution is 5.82. The number of nitriles is 1. The topological polar surface area (TPSA) is 126 Å². The summed E-state index contributed by atoms with van der Waals surface area (Å²) >= 11 is 0. The van der Waals surface area contributed by atoms with Crippen LogP contribution < -0.4 is 15.5 Å². The zero-order chi connectivity index (χ0) is 20.7. The number of hydrogen-bond acceptors (Lipinski definition) is 9. The van der Waals surface area contributed by atoms with Crippen LogP contribution in [-0.4, -0.2) is 55.7 Å². The van der Waals surface area contributed by atoms with E-state index < -0.39 is 0 Å². The van der Waals surface area contributed by atoms with Crippen LogP contribution in [0.3, 0.4) is 0 Å². The van der Waals surface area contributed by atoms with Gasteiger partial charge in [0.25, 0.3) is 0 Å². The van der Waals surface area contributed by atoms with Gasteiger partial charge in [-0.25, -0.2) is 14.8 Å². The molecule has 0 aliphatic carbocycles. The van der Waals surface area contributed by atoms with Gasteiger partial charge in [0.15, 0.2) is 29.2 Å². The van der Waals surface area contributed by atoms with E-state index in [1.807, 2.05) is 23.8 Å². The Morgan fingerprint density at radius 2 is 2.07 bits per heavy atom. The summed E-state index contributed by atoms with van der Waals surface area (Å²) in [5, 5.41) is 22.2. The Labute approximate surface area is 174 Å². The number of rotatable bonds is 5. The number of aryl methyl sites for hydroxylation is 1. The zero-order valence-electron chi connectivity index (χ0n) is 16.7. The Morgan fingerprint density at radius 1 is 1.27 bits per heavy atom. The number of fused-ring (bicyclic) bond motifs is 3. The van der Waals surface area contributed by atoms with E-state index in [-0.39, 0.29) is 6.04 Å². The van der Waals surface area contributed by atoms with Crippen LogP contribution in [0.4, 0.5) is 23.3 Å². The predicted molar refractivity (Wildman–Crippen MR) is 111 cm³/mol. The number of piperidine rings is 1. The summed E-state index contributed by atoms with van der Waals surface area (Å²) in [7, 11) is 0. The summed E-state index contributed by atoms with van der Waals surface area (Å²) in [4.78, 5) is 25.3. The van der Waals surface area contributed by atoms with Gasteiger partial charge >= 0.3 is 0 Å². The molecule has 0 aromatic carbocycles. The second kappa shape index (κ2) is 7.44. The first kappa shape index (κ1) is 18.6. The number of anilines is 4. The van der Waals surface area contributed by atoms with Crippen LogP contribution in [0.1, 0.15) is 37.8 Å². The Balaban J connectivity index is 1.40. The third kappa shape index (κ3) is 3.18. The van der Waals surface area contributed by atoms with Gasteiger partial charge in [-0.1, -0.05) is 0 Å². The van der Waals surface area contributed by atoms with Crippen molar-refractivity contribution in [2.75, 3.05) is 22.1 Å². The average molecular weight is 405 g/mol. The molecule has 2 saturated heterocycles. The van der Waals surface area contributed by atoms with Gasteiger partial charge in [-0.15, -0.1) is 0 Å². The van der Waals surface area contributed by atoms with Crippen molar-refractivity contribution >= 4 is 29.2 Å². The van der Waals surface area contributed by atoms with Crippen LogP contribution in [0.5, 0.6) is 0 Å². The maximum Gasteiger partial charge on any atom is 0.200 e. The number of carbonyl (C=O) groups excluding carboxylic acids is 1. The molecule has 5 rings (SSSR count). The van der Waals surface area contributed by atoms with Crippen molar-refractivity contribution in [1.82, 2.24) is 25.1 Å². The first-order chi connectivity index (χ1) is 14.7. The minimum absolute atomic E-state index is 0.142. The van der Waals surface area contributed by atoms with Crippen molar-refractivity contribution in [3.63, 3.8) is 0 Å². The fraction of sp³-hybridized carbons (Fsp3) is 0.500. The van der Waals surface area contributed by atoms with Crippen LogP contribution in [-0.2, 0) is 4.79 Å². The van der Waals surface area contributed by atoms with E-state index in [9.17, 15) is 4.79 Å². The number of nitrogens with one attached hydrogen (secondary N) is 3. The lowest BCUT2D eigenvalue weighted by molar-refractivity contribution is 0.130. The SMILES string of the molecule is Cc1cc(Nc2cnc3c(n2)N(C2CC4CCC(C2)N4CCC#N)C(=C=O)N3)n[nH]1. The van der Waals surface area contributed by atoms with Gasteiger partial charge in [0.2, 0.25) is 5.82 Å². The largest absolute Gasteiger partial charge is 0.322 e. The first-order valence-corrected chi connectivity index (χ1v) is 10.3. The highest BCUT2D eigenvalue weighted by Crippen LogP contribution is 2.43. The molecule has 30 heavy (non-hydrogen) atoms. The fourth-order valence-corrected chi connectivity index (χ4v) is 5.02. The Kier molecular flexibility index (Phi) is 4.62. The Hall–Kier alpha value is -3.41. The van der Waals surface area contributed by atoms with Crippen molar-refractivity contribution < 1.29 is 4.79 Å². The molecule has 0 amide bonds. The maximum absolute atomic E-state index is 11.7. The van der Waals surface area contributed by atoms with Crippen molar-refractivity contribution in [3.8, 4) is 6.07 Å². The molecule has 3 aliphatic heterocycles. The normalized spacial score (nSPS) is 24.9. The van der Waals surface area contributed by atoms with Gasteiger partial charge in [0, 0.05) is 42.9 Å². The molecule has 2 aromatic rings. The lowest BCUT2D eigenvalue weighted by Gasteiger charge is -2.41. The van der Waals surface area contributed by atoms with Crippen molar-refractivity contribution in [1.29, 1.82) is 5.26 Å². The Morgan fingerprint density at radius 3 is 2.73 bits per heavy atom. The van der Waals surface area contributed by atoms with Gasteiger partial charge in [0.1, 0.15) is 0 Å². The van der Waals surface area contributed by atoms with Gasteiger partial charge in [-0.05, 0) is 32.6 Å². The molecule has 3 N–H and O–H groups in total. The number of aromatic amines is 1. The zero-order valence-corrected chi connectivity index (χ0v) is 16.7. The van der Waals surface area contributed by atoms with E-state index in [0.717, 1.165) is 37.9 Å². The lowest BCUT2D eigenvalue weighted by Crippen LogP contribution is -2.50. The van der Waals surface area contributed by atoms with Crippen LogP contribution in [0.25, 0.3) is 0 Å². The van der Waals surface area contributed by atoms with Crippen LogP contribution >= 0.6 is 0 Å². The van der Waals surface area contributed by atoms with Crippen molar-refractivity contribution in [2.45, 2.75) is 57.2 Å². The summed E-state index contributed by atoms with van der Waals surface area (Å²) in [6, 6.07) is 5.15. The van der Waals surface area contributed by atoms with Crippen LogP contribution in [0.2, 0.25) is 0 Å². The molecule has 2 unspecified atom stereocenters. The summed E-state index contributed by atoms with van der Waals surface area (Å²) in [5.41, 5.74) is 0.944. The number of hydrogen-bond donors (Lipinski definition) is 3. The monoisotopic (exact) mass is 405 g/mol. The van der Waals surface area contributed by atoms with E-state index in [0.29, 0.717) is 47.6 Å². The molecule has 0 spiro atoms. The summed E-state index contributed by atoms with van der Waals surface area (Å²) < 4.78 is 0. The van der Waals surface area contributed by atoms with E-state index in [1.165, 1.54) is 0 Å². The van der Waals surface area contributed by atoms with E-state index in [1.54, 1.807) is 6.20 Å². The highest BCUT2D eigenvalue weighted by Gasteiger charge is 2.45. The number of H-pyrrole nitrogens is 1. The minimum atomic E-state index is 0.142. The van der Waals surface area contributed by atoms with E-state index in [4.69, 9.17) is 10.2 Å². The summed E-state index contributed by atoms with van der Waals surface area (Å²) in [6.45, 7) is 2.75. The van der Waals surface area contributed by atoms with Crippen LogP contribution in [0.15, 0.2) is 18.1 Å². The first-order valence-electron chi connectivity index (χ1n) is 10.3. The van der Waals surface area contributed by atoms with Gasteiger partial charge in [-0.3, -0.25) is 14.9 Å². The van der Waals surface area contributed by atoms with Crippen molar-refractivity contribution in [2.24, 2.45) is 0 Å². The highest BCUT2D eigenvalue weighted by atomic mass is 16.1. The molecule has 2 aromatic heterocycles. The Bertz CT molecular complexity index is 1040. The third-order valence-corrected chi connectivity index (χ3v) is 6.23. The molecule has 2 bridgehead atoms. The average Bonchev–Trinajstić information content (AvgIpc) is 3.39. The molecular weight excluding hydrogens is 382 g/mol. The molecule has 10 nitrogen and oxygen atoms in total.